The molecule has 0 spiro atoms. The zero-order valence-corrected chi connectivity index (χ0v) is 13.9. The van der Waals surface area contributed by atoms with Gasteiger partial charge in [-0.05, 0) is 25.0 Å². The summed E-state index contributed by atoms with van der Waals surface area (Å²) in [6.45, 7) is 0.692. The minimum absolute atomic E-state index is 0.140. The molecule has 1 aromatic carbocycles. The highest BCUT2D eigenvalue weighted by atomic mass is 19.4. The summed E-state index contributed by atoms with van der Waals surface area (Å²) in [6.07, 6.45) is -4.68. The molecule has 0 radical (unpaired) electrons. The van der Waals surface area contributed by atoms with E-state index in [1.165, 1.54) is 29.2 Å². The van der Waals surface area contributed by atoms with Gasteiger partial charge in [-0.1, -0.05) is 17.3 Å². The Morgan fingerprint density at radius 1 is 1.19 bits per heavy atom. The Hall–Kier alpha value is -3.11. The molecule has 2 amide bonds. The van der Waals surface area contributed by atoms with Gasteiger partial charge >= 0.3 is 18.2 Å². The first kappa shape index (κ1) is 18.7. The molecule has 11 heteroatoms. The Kier molecular flexibility index (Phi) is 5.02. The Bertz CT molecular complexity index is 827. The highest BCUT2D eigenvalue weighted by molar-refractivity contribution is 5.94. The molecule has 2 heterocycles. The topological polar surface area (TPSA) is 109 Å². The minimum Gasteiger partial charge on any atom is -0.465 e. The van der Waals surface area contributed by atoms with E-state index in [2.05, 4.69) is 20.0 Å². The SMILES string of the molecule is O=C(NC1CCN(C(=O)O)CC1)c1ccc(-c2noc(C(F)(F)F)n2)cc1. The van der Waals surface area contributed by atoms with Crippen LogP contribution in [-0.4, -0.2) is 51.3 Å². The lowest BCUT2D eigenvalue weighted by atomic mass is 10.0. The summed E-state index contributed by atoms with van der Waals surface area (Å²) < 4.78 is 41.7. The predicted molar refractivity (Wildman–Crippen MR) is 84.8 cm³/mol. The maximum Gasteiger partial charge on any atom is 0.471 e. The molecule has 2 aromatic rings. The molecule has 144 valence electrons. The zero-order valence-electron chi connectivity index (χ0n) is 13.9. The largest absolute Gasteiger partial charge is 0.471 e. The normalized spacial score (nSPS) is 15.6. The number of aromatic nitrogens is 2. The van der Waals surface area contributed by atoms with Gasteiger partial charge in [0.1, 0.15) is 0 Å². The van der Waals surface area contributed by atoms with Gasteiger partial charge in [-0.25, -0.2) is 4.79 Å². The predicted octanol–water partition coefficient (Wildman–Crippen LogP) is 2.63. The smallest absolute Gasteiger partial charge is 0.465 e. The van der Waals surface area contributed by atoms with E-state index in [0.717, 1.165) is 0 Å². The molecule has 0 aliphatic carbocycles. The Balaban J connectivity index is 1.61. The molecule has 1 aliphatic heterocycles. The number of rotatable bonds is 3. The number of hydrogen-bond acceptors (Lipinski definition) is 5. The lowest BCUT2D eigenvalue weighted by molar-refractivity contribution is -0.159. The van der Waals surface area contributed by atoms with Crippen LogP contribution in [0.25, 0.3) is 11.4 Å². The highest BCUT2D eigenvalue weighted by Crippen LogP contribution is 2.29. The van der Waals surface area contributed by atoms with Gasteiger partial charge in [0.25, 0.3) is 5.91 Å². The first-order chi connectivity index (χ1) is 12.7. The standard InChI is InChI=1S/C16H15F3N4O4/c17-16(18,19)14-21-12(22-27-14)9-1-3-10(4-2-9)13(24)20-11-5-7-23(8-6-11)15(25)26/h1-4,11H,5-8H2,(H,20,24)(H,25,26). The molecule has 0 atom stereocenters. The van der Waals surface area contributed by atoms with Crippen molar-refractivity contribution in [3.8, 4) is 11.4 Å². The molecule has 1 aliphatic rings. The van der Waals surface area contributed by atoms with Gasteiger partial charge < -0.3 is 19.8 Å². The van der Waals surface area contributed by atoms with Crippen molar-refractivity contribution in [3.63, 3.8) is 0 Å². The molecule has 27 heavy (non-hydrogen) atoms. The molecule has 0 saturated carbocycles. The van der Waals surface area contributed by atoms with Gasteiger partial charge in [0.15, 0.2) is 0 Å². The number of amides is 2. The number of carbonyl (C=O) groups excluding carboxylic acids is 1. The van der Waals surface area contributed by atoms with Crippen LogP contribution in [0, 0.1) is 0 Å². The van der Waals surface area contributed by atoms with Crippen LogP contribution < -0.4 is 5.32 Å². The highest BCUT2D eigenvalue weighted by Gasteiger charge is 2.38. The fourth-order valence-electron chi connectivity index (χ4n) is 2.71. The van der Waals surface area contributed by atoms with E-state index in [1.54, 1.807) is 0 Å². The number of alkyl halides is 3. The van der Waals surface area contributed by atoms with Crippen LogP contribution in [0.15, 0.2) is 28.8 Å². The van der Waals surface area contributed by atoms with E-state index in [-0.39, 0.29) is 23.3 Å². The third-order valence-corrected chi connectivity index (χ3v) is 4.17. The average molecular weight is 384 g/mol. The lowest BCUT2D eigenvalue weighted by Crippen LogP contribution is -2.46. The summed E-state index contributed by atoms with van der Waals surface area (Å²) in [6, 6.07) is 5.60. The minimum atomic E-state index is -4.72. The van der Waals surface area contributed by atoms with E-state index in [0.29, 0.717) is 31.5 Å². The number of nitrogens with one attached hydrogen (secondary N) is 1. The van der Waals surface area contributed by atoms with Gasteiger partial charge in [-0.15, -0.1) is 0 Å². The maximum atomic E-state index is 12.5. The molecule has 3 rings (SSSR count). The van der Waals surface area contributed by atoms with Gasteiger partial charge in [0, 0.05) is 30.3 Å². The number of carboxylic acid groups (broad SMARTS) is 1. The summed E-state index contributed by atoms with van der Waals surface area (Å²) in [4.78, 5) is 27.7. The zero-order chi connectivity index (χ0) is 19.6. The number of carbonyl (C=O) groups is 2. The van der Waals surface area contributed by atoms with E-state index in [1.807, 2.05) is 0 Å². The van der Waals surface area contributed by atoms with Crippen LogP contribution in [0.5, 0.6) is 0 Å². The number of hydrogen-bond donors (Lipinski definition) is 2. The average Bonchev–Trinajstić information content (AvgIpc) is 3.13. The van der Waals surface area contributed by atoms with E-state index in [9.17, 15) is 22.8 Å². The molecular weight excluding hydrogens is 369 g/mol. The molecule has 0 bridgehead atoms. The third-order valence-electron chi connectivity index (χ3n) is 4.17. The molecule has 1 aromatic heterocycles. The van der Waals surface area contributed by atoms with Gasteiger partial charge in [-0.3, -0.25) is 4.79 Å². The quantitative estimate of drug-likeness (QED) is 0.842. The summed E-state index contributed by atoms with van der Waals surface area (Å²) in [5, 5.41) is 15.0. The Morgan fingerprint density at radius 3 is 2.33 bits per heavy atom. The third kappa shape index (κ3) is 4.36. The number of piperidine rings is 1. The van der Waals surface area contributed by atoms with Crippen LogP contribution >= 0.6 is 0 Å². The number of likely N-dealkylation sites (tertiary alicyclic amines) is 1. The van der Waals surface area contributed by atoms with E-state index in [4.69, 9.17) is 5.11 Å². The number of halogens is 3. The fraction of sp³-hybridized carbons (Fsp3) is 0.375. The van der Waals surface area contributed by atoms with Crippen LogP contribution in [-0.2, 0) is 6.18 Å². The van der Waals surface area contributed by atoms with Crippen molar-refractivity contribution in [2.75, 3.05) is 13.1 Å². The van der Waals surface area contributed by atoms with E-state index >= 15 is 0 Å². The molecule has 1 saturated heterocycles. The van der Waals surface area contributed by atoms with Crippen molar-refractivity contribution < 1.29 is 32.4 Å². The summed E-state index contributed by atoms with van der Waals surface area (Å²) in [5.41, 5.74) is 0.597. The van der Waals surface area contributed by atoms with Crippen LogP contribution in [0.3, 0.4) is 0 Å². The van der Waals surface area contributed by atoms with Crippen molar-refractivity contribution >= 4 is 12.0 Å². The molecule has 1 fully saturated rings. The van der Waals surface area contributed by atoms with Crippen molar-refractivity contribution in [1.29, 1.82) is 0 Å². The first-order valence-corrected chi connectivity index (χ1v) is 8.04. The summed E-state index contributed by atoms with van der Waals surface area (Å²) in [5.74, 6) is -2.01. The maximum absolute atomic E-state index is 12.5. The van der Waals surface area contributed by atoms with E-state index < -0.39 is 18.2 Å². The second kappa shape index (κ2) is 7.25. The van der Waals surface area contributed by atoms with Crippen molar-refractivity contribution in [2.24, 2.45) is 0 Å². The summed E-state index contributed by atoms with van der Waals surface area (Å²) >= 11 is 0. The lowest BCUT2D eigenvalue weighted by Gasteiger charge is -2.30. The fourth-order valence-corrected chi connectivity index (χ4v) is 2.71. The van der Waals surface area contributed by atoms with Gasteiger partial charge in [0.2, 0.25) is 5.82 Å². The van der Waals surface area contributed by atoms with Crippen LogP contribution in [0.2, 0.25) is 0 Å². The van der Waals surface area contributed by atoms with Crippen molar-refractivity contribution in [3.05, 3.63) is 35.7 Å². The van der Waals surface area contributed by atoms with Crippen molar-refractivity contribution in [2.45, 2.75) is 25.1 Å². The number of benzene rings is 1. The monoisotopic (exact) mass is 384 g/mol. The van der Waals surface area contributed by atoms with Gasteiger partial charge in [-0.2, -0.15) is 18.2 Å². The second-order valence-electron chi connectivity index (χ2n) is 6.02. The van der Waals surface area contributed by atoms with Crippen LogP contribution in [0.1, 0.15) is 29.1 Å². The molecular formula is C16H15F3N4O4. The molecule has 8 nitrogen and oxygen atoms in total. The summed E-state index contributed by atoms with van der Waals surface area (Å²) in [7, 11) is 0. The number of nitrogens with zero attached hydrogens (tertiary/aromatic N) is 3. The Labute approximate surface area is 151 Å². The van der Waals surface area contributed by atoms with Gasteiger partial charge in [0.05, 0.1) is 0 Å². The first-order valence-electron chi connectivity index (χ1n) is 8.04. The van der Waals surface area contributed by atoms with Crippen LogP contribution in [0.4, 0.5) is 18.0 Å². The van der Waals surface area contributed by atoms with Crippen molar-refractivity contribution in [1.82, 2.24) is 20.4 Å². The molecule has 0 unspecified atom stereocenters. The molecule has 2 N–H and O–H groups in total. The Morgan fingerprint density at radius 2 is 1.81 bits per heavy atom. The second-order valence-corrected chi connectivity index (χ2v) is 6.02.